The van der Waals surface area contributed by atoms with Crippen molar-refractivity contribution in [3.8, 4) is 11.1 Å². The molecule has 6 rings (SSSR count). The minimum Gasteiger partial charge on any atom is -0.313 e. The van der Waals surface area contributed by atoms with Crippen molar-refractivity contribution in [2.45, 2.75) is 32.0 Å². The highest BCUT2D eigenvalue weighted by atomic mass is 15.2. The second kappa shape index (κ2) is 6.98. The first kappa shape index (κ1) is 17.2. The van der Waals surface area contributed by atoms with Gasteiger partial charge in [-0.25, -0.2) is 0 Å². The van der Waals surface area contributed by atoms with Gasteiger partial charge in [-0.1, -0.05) is 72.8 Å². The average Bonchev–Trinajstić information content (AvgIpc) is 3.20. The molecule has 1 atom stereocenters. The van der Waals surface area contributed by atoms with Gasteiger partial charge in [0.05, 0.1) is 0 Å². The van der Waals surface area contributed by atoms with Crippen LogP contribution >= 0.6 is 0 Å². The molecule has 1 N–H and O–H groups in total. The molecule has 0 radical (unpaired) electrons. The third-order valence-corrected chi connectivity index (χ3v) is 6.71. The van der Waals surface area contributed by atoms with Gasteiger partial charge in [0.2, 0.25) is 0 Å². The highest BCUT2D eigenvalue weighted by Gasteiger charge is 2.25. The van der Waals surface area contributed by atoms with Gasteiger partial charge >= 0.3 is 0 Å². The number of fused-ring (bicyclic) bond motifs is 7. The van der Waals surface area contributed by atoms with Crippen molar-refractivity contribution >= 4 is 21.5 Å². The van der Waals surface area contributed by atoms with Gasteiger partial charge in [0.15, 0.2) is 0 Å². The van der Waals surface area contributed by atoms with Gasteiger partial charge in [-0.05, 0) is 63.2 Å². The van der Waals surface area contributed by atoms with E-state index in [2.05, 4.69) is 83.0 Å². The average molecular weight is 379 g/mol. The normalized spacial score (nSPS) is 19.2. The lowest BCUT2D eigenvalue weighted by Crippen LogP contribution is -2.36. The molecule has 2 heterocycles. The van der Waals surface area contributed by atoms with Crippen LogP contribution in [0.3, 0.4) is 0 Å². The minimum absolute atomic E-state index is 0.626. The highest BCUT2D eigenvalue weighted by molar-refractivity contribution is 6.08. The molecule has 0 unspecified atom stereocenters. The largest absolute Gasteiger partial charge is 0.313 e. The zero-order valence-corrected chi connectivity index (χ0v) is 16.7. The fourth-order valence-corrected chi connectivity index (χ4v) is 5.38. The van der Waals surface area contributed by atoms with E-state index in [4.69, 9.17) is 0 Å². The molecule has 0 aliphatic carbocycles. The SMILES string of the molecule is c1ccc2c3c(ccc2c1)CN(C[C@@H]1CCCN1)Cc1ccc2ccccc2c1-3. The minimum atomic E-state index is 0.626. The Kier molecular flexibility index (Phi) is 4.14. The van der Waals surface area contributed by atoms with Crippen LogP contribution in [0.1, 0.15) is 24.0 Å². The molecule has 0 spiro atoms. The predicted octanol–water partition coefficient (Wildman–Crippen LogP) is 5.73. The van der Waals surface area contributed by atoms with Crippen molar-refractivity contribution in [1.82, 2.24) is 10.2 Å². The molecule has 2 nitrogen and oxygen atoms in total. The molecule has 0 bridgehead atoms. The summed E-state index contributed by atoms with van der Waals surface area (Å²) in [5.74, 6) is 0. The van der Waals surface area contributed by atoms with Crippen molar-refractivity contribution in [3.05, 3.63) is 83.9 Å². The maximum absolute atomic E-state index is 3.69. The summed E-state index contributed by atoms with van der Waals surface area (Å²) in [5, 5.41) is 9.11. The van der Waals surface area contributed by atoms with E-state index in [9.17, 15) is 0 Å². The molecule has 4 aromatic rings. The molecule has 2 aliphatic heterocycles. The molecule has 0 saturated carbocycles. The smallest absolute Gasteiger partial charge is 0.0244 e. The topological polar surface area (TPSA) is 15.3 Å². The number of rotatable bonds is 2. The highest BCUT2D eigenvalue weighted by Crippen LogP contribution is 2.42. The second-order valence-corrected chi connectivity index (χ2v) is 8.60. The van der Waals surface area contributed by atoms with Crippen LogP contribution in [-0.4, -0.2) is 24.0 Å². The van der Waals surface area contributed by atoms with E-state index >= 15 is 0 Å². The quantitative estimate of drug-likeness (QED) is 0.479. The van der Waals surface area contributed by atoms with Crippen molar-refractivity contribution in [1.29, 1.82) is 0 Å². The molecule has 29 heavy (non-hydrogen) atoms. The number of hydrogen-bond donors (Lipinski definition) is 1. The molecule has 4 aromatic carbocycles. The van der Waals surface area contributed by atoms with Gasteiger partial charge in [-0.3, -0.25) is 4.90 Å². The van der Waals surface area contributed by atoms with Gasteiger partial charge in [0.1, 0.15) is 0 Å². The van der Waals surface area contributed by atoms with Crippen molar-refractivity contribution < 1.29 is 0 Å². The third-order valence-electron chi connectivity index (χ3n) is 6.71. The molecule has 144 valence electrons. The van der Waals surface area contributed by atoms with E-state index in [-0.39, 0.29) is 0 Å². The maximum atomic E-state index is 3.69. The summed E-state index contributed by atoms with van der Waals surface area (Å²) in [6.45, 7) is 4.32. The summed E-state index contributed by atoms with van der Waals surface area (Å²) >= 11 is 0. The summed E-state index contributed by atoms with van der Waals surface area (Å²) in [4.78, 5) is 2.65. The van der Waals surface area contributed by atoms with Gasteiger partial charge in [0.25, 0.3) is 0 Å². The van der Waals surface area contributed by atoms with Crippen LogP contribution in [0.25, 0.3) is 32.7 Å². The van der Waals surface area contributed by atoms with E-state index in [1.54, 1.807) is 0 Å². The maximum Gasteiger partial charge on any atom is 0.0244 e. The van der Waals surface area contributed by atoms with E-state index in [1.807, 2.05) is 0 Å². The molecule has 1 saturated heterocycles. The number of nitrogens with one attached hydrogen (secondary N) is 1. The third kappa shape index (κ3) is 2.95. The standard InChI is InChI=1S/C27H26N2/c1-3-9-24-19(6-1)11-13-21-16-29(18-23-8-5-15-28-23)17-22-14-12-20-7-2-4-10-25(20)27(22)26(21)24/h1-4,6-7,9-14,23,28H,5,8,15-18H2/t23-/m0/s1. The monoisotopic (exact) mass is 378 g/mol. The number of hydrogen-bond acceptors (Lipinski definition) is 2. The molecular weight excluding hydrogens is 352 g/mol. The molecule has 0 aromatic heterocycles. The zero-order valence-electron chi connectivity index (χ0n) is 16.7. The lowest BCUT2D eigenvalue weighted by molar-refractivity contribution is 0.235. The molecule has 0 amide bonds. The Morgan fingerprint density at radius 2 is 1.31 bits per heavy atom. The lowest BCUT2D eigenvalue weighted by Gasteiger charge is -2.24. The van der Waals surface area contributed by atoms with Gasteiger partial charge in [0, 0.05) is 25.7 Å². The molecule has 2 aliphatic rings. The Labute approximate surface area is 172 Å². The van der Waals surface area contributed by atoms with Crippen molar-refractivity contribution in [2.24, 2.45) is 0 Å². The molecule has 2 heteroatoms. The lowest BCUT2D eigenvalue weighted by atomic mass is 9.88. The van der Waals surface area contributed by atoms with E-state index < -0.39 is 0 Å². The summed E-state index contributed by atoms with van der Waals surface area (Å²) in [5.41, 5.74) is 5.79. The van der Waals surface area contributed by atoms with Crippen LogP contribution in [0, 0.1) is 0 Å². The fraction of sp³-hybridized carbons (Fsp3) is 0.259. The predicted molar refractivity (Wildman–Crippen MR) is 122 cm³/mol. The molecular formula is C27H26N2. The Morgan fingerprint density at radius 3 is 1.86 bits per heavy atom. The Hall–Kier alpha value is -2.68. The number of benzene rings is 4. The first-order valence-electron chi connectivity index (χ1n) is 10.8. The van der Waals surface area contributed by atoms with E-state index in [0.29, 0.717) is 6.04 Å². The van der Waals surface area contributed by atoms with Crippen LogP contribution in [0.15, 0.2) is 72.8 Å². The summed E-state index contributed by atoms with van der Waals surface area (Å²) in [6.07, 6.45) is 2.60. The second-order valence-electron chi connectivity index (χ2n) is 8.60. The molecule has 1 fully saturated rings. The van der Waals surface area contributed by atoms with Crippen molar-refractivity contribution in [3.63, 3.8) is 0 Å². The first-order chi connectivity index (χ1) is 14.4. The van der Waals surface area contributed by atoms with Crippen LogP contribution in [0.4, 0.5) is 0 Å². The van der Waals surface area contributed by atoms with Gasteiger partial charge in [-0.15, -0.1) is 0 Å². The van der Waals surface area contributed by atoms with Crippen molar-refractivity contribution in [2.75, 3.05) is 13.1 Å². The van der Waals surface area contributed by atoms with Crippen LogP contribution in [0.5, 0.6) is 0 Å². The fourth-order valence-electron chi connectivity index (χ4n) is 5.38. The zero-order chi connectivity index (χ0) is 19.2. The first-order valence-corrected chi connectivity index (χ1v) is 10.8. The Morgan fingerprint density at radius 1 is 0.724 bits per heavy atom. The Bertz CT molecular complexity index is 1120. The van der Waals surface area contributed by atoms with Gasteiger partial charge in [-0.2, -0.15) is 0 Å². The number of nitrogens with zero attached hydrogens (tertiary/aromatic N) is 1. The van der Waals surface area contributed by atoms with Crippen LogP contribution < -0.4 is 5.32 Å². The van der Waals surface area contributed by atoms with Gasteiger partial charge < -0.3 is 5.32 Å². The summed E-state index contributed by atoms with van der Waals surface area (Å²) in [6, 6.07) is 27.7. The summed E-state index contributed by atoms with van der Waals surface area (Å²) in [7, 11) is 0. The van der Waals surface area contributed by atoms with E-state index in [0.717, 1.165) is 19.6 Å². The summed E-state index contributed by atoms with van der Waals surface area (Å²) < 4.78 is 0. The van der Waals surface area contributed by atoms with E-state index in [1.165, 1.54) is 63.2 Å². The van der Waals surface area contributed by atoms with Crippen LogP contribution in [-0.2, 0) is 13.1 Å². The Balaban J connectivity index is 1.60. The van der Waals surface area contributed by atoms with Crippen LogP contribution in [0.2, 0.25) is 0 Å².